The maximum atomic E-state index is 8.81. The summed E-state index contributed by atoms with van der Waals surface area (Å²) in [5.74, 6) is 0.312. The lowest BCUT2D eigenvalue weighted by Gasteiger charge is -2.04. The van der Waals surface area contributed by atoms with E-state index >= 15 is 0 Å². The third-order valence-electron chi connectivity index (χ3n) is 2.22. The van der Waals surface area contributed by atoms with E-state index in [2.05, 4.69) is 15.5 Å². The fourth-order valence-electron chi connectivity index (χ4n) is 1.40. The van der Waals surface area contributed by atoms with Crippen LogP contribution in [-0.2, 0) is 6.54 Å². The second kappa shape index (κ2) is 4.36. The van der Waals surface area contributed by atoms with Crippen LogP contribution in [0.2, 0.25) is 0 Å². The Hall–Kier alpha value is -2.48. The first-order valence-electron chi connectivity index (χ1n) is 4.83. The highest BCUT2D eigenvalue weighted by molar-refractivity contribution is 5.68. The summed E-state index contributed by atoms with van der Waals surface area (Å²) in [6, 6.07) is 11.9. The molecule has 0 aliphatic carbocycles. The van der Waals surface area contributed by atoms with Gasteiger partial charge in [0.25, 0.3) is 0 Å². The Kier molecular flexibility index (Phi) is 2.74. The molecule has 16 heavy (non-hydrogen) atoms. The average molecular weight is 213 g/mol. The lowest BCUT2D eigenvalue weighted by Crippen LogP contribution is -2.02. The predicted molar refractivity (Wildman–Crippen MR) is 61.5 cm³/mol. The zero-order valence-corrected chi connectivity index (χ0v) is 8.57. The standard InChI is InChI=1S/C11H11N5/c12-6-9-10(11(13)16-15-9)14-7-8-4-2-1-3-5-8/h1-5,14H,7H2,(H3,13,15,16). The molecule has 0 aliphatic rings. The predicted octanol–water partition coefficient (Wildman–Crippen LogP) is 1.48. The molecule has 1 aromatic heterocycles. The Bertz CT molecular complexity index is 509. The van der Waals surface area contributed by atoms with Crippen LogP contribution in [0.15, 0.2) is 30.3 Å². The number of nitriles is 1. The summed E-state index contributed by atoms with van der Waals surface area (Å²) in [5, 5.41) is 18.2. The minimum Gasteiger partial charge on any atom is -0.380 e. The molecule has 5 nitrogen and oxygen atoms in total. The van der Waals surface area contributed by atoms with Gasteiger partial charge in [0.2, 0.25) is 0 Å². The van der Waals surface area contributed by atoms with Crippen LogP contribution >= 0.6 is 0 Å². The Morgan fingerprint density at radius 3 is 2.81 bits per heavy atom. The third kappa shape index (κ3) is 1.96. The minimum atomic E-state index is 0.312. The first-order chi connectivity index (χ1) is 7.81. The molecule has 4 N–H and O–H groups in total. The van der Waals surface area contributed by atoms with Gasteiger partial charge in [-0.3, -0.25) is 5.10 Å². The number of rotatable bonds is 3. The topological polar surface area (TPSA) is 90.5 Å². The maximum absolute atomic E-state index is 8.81. The Morgan fingerprint density at radius 2 is 2.12 bits per heavy atom. The number of aromatic nitrogens is 2. The van der Waals surface area contributed by atoms with E-state index in [0.29, 0.717) is 23.7 Å². The van der Waals surface area contributed by atoms with E-state index in [0.717, 1.165) is 5.56 Å². The SMILES string of the molecule is N#Cc1[nH]nc(N)c1NCc1ccccc1. The van der Waals surface area contributed by atoms with Gasteiger partial charge in [-0.1, -0.05) is 30.3 Å². The van der Waals surface area contributed by atoms with Crippen molar-refractivity contribution in [1.82, 2.24) is 10.2 Å². The first-order valence-corrected chi connectivity index (χ1v) is 4.83. The van der Waals surface area contributed by atoms with Gasteiger partial charge >= 0.3 is 0 Å². The largest absolute Gasteiger partial charge is 0.380 e. The zero-order valence-electron chi connectivity index (χ0n) is 8.57. The fraction of sp³-hybridized carbons (Fsp3) is 0.0909. The van der Waals surface area contributed by atoms with Crippen molar-refractivity contribution in [1.29, 1.82) is 5.26 Å². The van der Waals surface area contributed by atoms with Gasteiger partial charge in [-0.2, -0.15) is 10.4 Å². The summed E-state index contributed by atoms with van der Waals surface area (Å²) in [6.45, 7) is 0.610. The minimum absolute atomic E-state index is 0.312. The maximum Gasteiger partial charge on any atom is 0.170 e. The summed E-state index contributed by atoms with van der Waals surface area (Å²) in [7, 11) is 0. The van der Waals surface area contributed by atoms with Crippen LogP contribution in [0.5, 0.6) is 0 Å². The molecule has 1 heterocycles. The Morgan fingerprint density at radius 1 is 1.38 bits per heavy atom. The van der Waals surface area contributed by atoms with Gasteiger partial charge in [0.1, 0.15) is 11.8 Å². The van der Waals surface area contributed by atoms with Crippen molar-refractivity contribution in [3.05, 3.63) is 41.6 Å². The van der Waals surface area contributed by atoms with Crippen molar-refractivity contribution in [2.24, 2.45) is 0 Å². The number of anilines is 2. The molecule has 0 amide bonds. The Labute approximate surface area is 92.9 Å². The lowest BCUT2D eigenvalue weighted by molar-refractivity contribution is 1.08. The fourth-order valence-corrected chi connectivity index (χ4v) is 1.40. The molecule has 0 aliphatic heterocycles. The van der Waals surface area contributed by atoms with E-state index in [1.165, 1.54) is 0 Å². The molecule has 0 unspecified atom stereocenters. The molecule has 0 bridgehead atoms. The van der Waals surface area contributed by atoms with Gasteiger partial charge < -0.3 is 11.1 Å². The molecule has 0 saturated carbocycles. The Balaban J connectivity index is 2.11. The molecule has 80 valence electrons. The van der Waals surface area contributed by atoms with E-state index in [-0.39, 0.29) is 0 Å². The number of hydrogen-bond acceptors (Lipinski definition) is 4. The monoisotopic (exact) mass is 213 g/mol. The summed E-state index contributed by atoms with van der Waals surface area (Å²) in [5.41, 5.74) is 7.66. The normalized spacial score (nSPS) is 9.69. The number of nitrogens with zero attached hydrogens (tertiary/aromatic N) is 2. The smallest absolute Gasteiger partial charge is 0.170 e. The van der Waals surface area contributed by atoms with Crippen molar-refractivity contribution >= 4 is 11.5 Å². The molecular formula is C11H11N5. The van der Waals surface area contributed by atoms with Gasteiger partial charge in [-0.15, -0.1) is 0 Å². The van der Waals surface area contributed by atoms with Crippen LogP contribution < -0.4 is 11.1 Å². The van der Waals surface area contributed by atoms with E-state index in [1.54, 1.807) is 0 Å². The molecule has 2 aromatic rings. The molecule has 0 atom stereocenters. The highest BCUT2D eigenvalue weighted by atomic mass is 15.2. The number of hydrogen-bond donors (Lipinski definition) is 3. The van der Waals surface area contributed by atoms with Crippen molar-refractivity contribution in [2.45, 2.75) is 6.54 Å². The molecule has 0 fully saturated rings. The molecule has 1 aromatic carbocycles. The summed E-state index contributed by atoms with van der Waals surface area (Å²) in [4.78, 5) is 0. The summed E-state index contributed by atoms with van der Waals surface area (Å²) < 4.78 is 0. The van der Waals surface area contributed by atoms with Gasteiger partial charge in [-0.05, 0) is 5.56 Å². The molecule has 0 saturated heterocycles. The van der Waals surface area contributed by atoms with E-state index in [4.69, 9.17) is 11.0 Å². The summed E-state index contributed by atoms with van der Waals surface area (Å²) >= 11 is 0. The highest BCUT2D eigenvalue weighted by Crippen LogP contribution is 2.19. The van der Waals surface area contributed by atoms with Crippen LogP contribution in [-0.4, -0.2) is 10.2 Å². The lowest BCUT2D eigenvalue weighted by atomic mass is 10.2. The van der Waals surface area contributed by atoms with Gasteiger partial charge in [0.15, 0.2) is 11.5 Å². The van der Waals surface area contributed by atoms with Crippen LogP contribution in [0, 0.1) is 11.3 Å². The number of nitrogens with two attached hydrogens (primary N) is 1. The molecule has 0 radical (unpaired) electrons. The van der Waals surface area contributed by atoms with Crippen molar-refractivity contribution in [3.8, 4) is 6.07 Å². The first kappa shape index (κ1) is 10.1. The second-order valence-electron chi connectivity index (χ2n) is 3.31. The van der Waals surface area contributed by atoms with Gasteiger partial charge in [0, 0.05) is 6.54 Å². The van der Waals surface area contributed by atoms with Crippen molar-refractivity contribution in [2.75, 3.05) is 11.1 Å². The number of H-pyrrole nitrogens is 1. The van der Waals surface area contributed by atoms with Crippen molar-refractivity contribution < 1.29 is 0 Å². The highest BCUT2D eigenvalue weighted by Gasteiger charge is 2.09. The number of benzene rings is 1. The summed E-state index contributed by atoms with van der Waals surface area (Å²) in [6.07, 6.45) is 0. The van der Waals surface area contributed by atoms with Crippen LogP contribution in [0.25, 0.3) is 0 Å². The van der Waals surface area contributed by atoms with Crippen molar-refractivity contribution in [3.63, 3.8) is 0 Å². The number of nitrogen functional groups attached to an aromatic ring is 1. The molecule has 2 rings (SSSR count). The quantitative estimate of drug-likeness (QED) is 0.720. The molecular weight excluding hydrogens is 202 g/mol. The van der Waals surface area contributed by atoms with Gasteiger partial charge in [0.05, 0.1) is 0 Å². The number of nitrogens with one attached hydrogen (secondary N) is 2. The third-order valence-corrected chi connectivity index (χ3v) is 2.22. The van der Waals surface area contributed by atoms with Crippen LogP contribution in [0.3, 0.4) is 0 Å². The molecule has 0 spiro atoms. The van der Waals surface area contributed by atoms with E-state index in [1.807, 2.05) is 36.4 Å². The van der Waals surface area contributed by atoms with Gasteiger partial charge in [-0.25, -0.2) is 0 Å². The second-order valence-corrected chi connectivity index (χ2v) is 3.31. The van der Waals surface area contributed by atoms with E-state index < -0.39 is 0 Å². The molecule has 5 heteroatoms. The average Bonchev–Trinajstić information content (AvgIpc) is 2.69. The van der Waals surface area contributed by atoms with Crippen LogP contribution in [0.1, 0.15) is 11.3 Å². The number of aromatic amines is 1. The van der Waals surface area contributed by atoms with E-state index in [9.17, 15) is 0 Å². The van der Waals surface area contributed by atoms with Crippen LogP contribution in [0.4, 0.5) is 11.5 Å². The zero-order chi connectivity index (χ0) is 11.4.